The van der Waals surface area contributed by atoms with Crippen molar-refractivity contribution in [3.05, 3.63) is 42.5 Å². The number of rotatable bonds is 6. The number of hydrogen-bond acceptors (Lipinski definition) is 4. The van der Waals surface area contributed by atoms with Crippen molar-refractivity contribution in [2.45, 2.75) is 19.9 Å². The molecule has 0 unspecified atom stereocenters. The van der Waals surface area contributed by atoms with Crippen LogP contribution in [-0.2, 0) is 17.8 Å². The molecule has 1 aromatic heterocycles. The van der Waals surface area contributed by atoms with Crippen molar-refractivity contribution in [1.82, 2.24) is 14.8 Å². The summed E-state index contributed by atoms with van der Waals surface area (Å²) in [6.07, 6.45) is 1.80. The van der Waals surface area contributed by atoms with E-state index in [9.17, 15) is 4.79 Å². The monoisotopic (exact) mass is 244 g/mol. The van der Waals surface area contributed by atoms with Gasteiger partial charge in [-0.3, -0.25) is 4.79 Å². The molecular formula is C13H16N4O. The van der Waals surface area contributed by atoms with Gasteiger partial charge in [0.05, 0.1) is 13.0 Å². The van der Waals surface area contributed by atoms with Crippen molar-refractivity contribution in [2.24, 2.45) is 0 Å². The lowest BCUT2D eigenvalue weighted by Crippen LogP contribution is -2.18. The van der Waals surface area contributed by atoms with Gasteiger partial charge in [0.1, 0.15) is 12.2 Å². The van der Waals surface area contributed by atoms with Gasteiger partial charge < -0.3 is 5.32 Å². The van der Waals surface area contributed by atoms with E-state index < -0.39 is 0 Å². The maximum absolute atomic E-state index is 11.8. The molecule has 1 aromatic carbocycles. The normalized spacial score (nSPS) is 10.3. The van der Waals surface area contributed by atoms with Crippen molar-refractivity contribution in [1.29, 1.82) is 0 Å². The molecule has 0 spiro atoms. The lowest BCUT2D eigenvalue weighted by atomic mass is 10.2. The van der Waals surface area contributed by atoms with Gasteiger partial charge in [0.25, 0.3) is 0 Å². The number of anilines is 1. The molecule has 0 atom stereocenters. The second kappa shape index (κ2) is 5.95. The fourth-order valence-corrected chi connectivity index (χ4v) is 1.68. The van der Waals surface area contributed by atoms with Crippen LogP contribution in [0.25, 0.3) is 0 Å². The lowest BCUT2D eigenvalue weighted by Gasteiger charge is -2.05. The number of Topliss-reactive ketones (excluding diaryl/α,β-unsaturated/α-hetero) is 1. The second-order valence-electron chi connectivity index (χ2n) is 3.93. The zero-order valence-electron chi connectivity index (χ0n) is 10.3. The topological polar surface area (TPSA) is 59.8 Å². The van der Waals surface area contributed by atoms with Gasteiger partial charge in [-0.2, -0.15) is 5.10 Å². The van der Waals surface area contributed by atoms with Crippen molar-refractivity contribution >= 4 is 11.5 Å². The molecule has 2 rings (SSSR count). The Morgan fingerprint density at radius 1 is 1.33 bits per heavy atom. The highest BCUT2D eigenvalue weighted by molar-refractivity contribution is 5.84. The maximum atomic E-state index is 11.8. The number of benzene rings is 1. The number of carbonyl (C=O) groups is 1. The number of nitrogens with zero attached hydrogens (tertiary/aromatic N) is 3. The third-order valence-electron chi connectivity index (χ3n) is 2.61. The van der Waals surface area contributed by atoms with Crippen LogP contribution in [0.1, 0.15) is 12.7 Å². The predicted molar refractivity (Wildman–Crippen MR) is 69.3 cm³/mol. The van der Waals surface area contributed by atoms with Crippen molar-refractivity contribution in [3.8, 4) is 0 Å². The third-order valence-corrected chi connectivity index (χ3v) is 2.61. The Labute approximate surface area is 106 Å². The largest absolute Gasteiger partial charge is 0.378 e. The smallest absolute Gasteiger partial charge is 0.159 e. The molecule has 0 saturated carbocycles. The molecule has 0 aliphatic carbocycles. The summed E-state index contributed by atoms with van der Waals surface area (Å²) in [6.45, 7) is 3.01. The number of aromatic nitrogens is 3. The van der Waals surface area contributed by atoms with Gasteiger partial charge in [-0.25, -0.2) is 9.67 Å². The van der Waals surface area contributed by atoms with Gasteiger partial charge in [-0.05, 0) is 19.1 Å². The highest BCUT2D eigenvalue weighted by atomic mass is 16.1. The summed E-state index contributed by atoms with van der Waals surface area (Å²) in [6, 6.07) is 9.67. The van der Waals surface area contributed by atoms with E-state index in [1.165, 1.54) is 6.33 Å². The Hall–Kier alpha value is -2.17. The van der Waals surface area contributed by atoms with E-state index in [-0.39, 0.29) is 5.78 Å². The van der Waals surface area contributed by atoms with Gasteiger partial charge in [0.2, 0.25) is 0 Å². The highest BCUT2D eigenvalue weighted by Crippen LogP contribution is 2.04. The number of aryl methyl sites for hydroxylation is 1. The van der Waals surface area contributed by atoms with E-state index in [1.54, 1.807) is 4.68 Å². The minimum atomic E-state index is 0.0987. The van der Waals surface area contributed by atoms with E-state index in [1.807, 2.05) is 37.3 Å². The summed E-state index contributed by atoms with van der Waals surface area (Å²) in [5, 5.41) is 7.13. The molecule has 1 N–H and O–H groups in total. The fraction of sp³-hybridized carbons (Fsp3) is 0.308. The molecule has 0 bridgehead atoms. The van der Waals surface area contributed by atoms with Crippen LogP contribution in [0, 0.1) is 0 Å². The minimum absolute atomic E-state index is 0.0987. The van der Waals surface area contributed by atoms with Crippen molar-refractivity contribution in [2.75, 3.05) is 11.9 Å². The number of ketones is 1. The quantitative estimate of drug-likeness (QED) is 0.837. The van der Waals surface area contributed by atoms with Gasteiger partial charge in [0.15, 0.2) is 5.78 Å². The van der Waals surface area contributed by atoms with Crippen molar-refractivity contribution in [3.63, 3.8) is 0 Å². The Kier molecular flexibility index (Phi) is 4.06. The highest BCUT2D eigenvalue weighted by Gasteiger charge is 2.08. The predicted octanol–water partition coefficient (Wildman–Crippen LogP) is 1.52. The molecule has 0 amide bonds. The van der Waals surface area contributed by atoms with Crippen LogP contribution in [0.3, 0.4) is 0 Å². The van der Waals surface area contributed by atoms with Crippen LogP contribution < -0.4 is 5.32 Å². The lowest BCUT2D eigenvalue weighted by molar-refractivity contribution is -0.116. The van der Waals surface area contributed by atoms with Crippen LogP contribution >= 0.6 is 0 Å². The first-order valence-electron chi connectivity index (χ1n) is 5.97. The number of carbonyl (C=O) groups excluding carboxylic acids is 1. The summed E-state index contributed by atoms with van der Waals surface area (Å²) in [5.74, 6) is 0.818. The molecule has 0 saturated heterocycles. The number of para-hydroxylation sites is 1. The van der Waals surface area contributed by atoms with E-state index >= 15 is 0 Å². The van der Waals surface area contributed by atoms with Crippen LogP contribution in [-0.4, -0.2) is 27.1 Å². The fourth-order valence-electron chi connectivity index (χ4n) is 1.68. The van der Waals surface area contributed by atoms with Crippen LogP contribution in [0.2, 0.25) is 0 Å². The maximum Gasteiger partial charge on any atom is 0.159 e. The summed E-state index contributed by atoms with van der Waals surface area (Å²) >= 11 is 0. The third kappa shape index (κ3) is 3.16. The average molecular weight is 244 g/mol. The zero-order valence-corrected chi connectivity index (χ0v) is 10.3. The Bertz CT molecular complexity index is 507. The molecule has 0 aliphatic heterocycles. The molecule has 2 aromatic rings. The Balaban J connectivity index is 1.86. The minimum Gasteiger partial charge on any atom is -0.378 e. The molecule has 18 heavy (non-hydrogen) atoms. The molecule has 94 valence electrons. The van der Waals surface area contributed by atoms with Gasteiger partial charge in [0, 0.05) is 12.2 Å². The van der Waals surface area contributed by atoms with Crippen LogP contribution in [0.5, 0.6) is 0 Å². The standard InChI is InChI=1S/C13H16N4O/c1-2-17-13(15-10-16-17)8-12(18)9-14-11-6-4-3-5-7-11/h3-7,10,14H,2,8-9H2,1H3. The number of nitrogens with one attached hydrogen (secondary N) is 1. The summed E-state index contributed by atoms with van der Waals surface area (Å²) in [4.78, 5) is 15.9. The first kappa shape index (κ1) is 12.3. The summed E-state index contributed by atoms with van der Waals surface area (Å²) in [5.41, 5.74) is 0.947. The zero-order chi connectivity index (χ0) is 12.8. The second-order valence-corrected chi connectivity index (χ2v) is 3.93. The number of hydrogen-bond donors (Lipinski definition) is 1. The summed E-state index contributed by atoms with van der Waals surface area (Å²) in [7, 11) is 0. The van der Waals surface area contributed by atoms with Gasteiger partial charge in [-0.15, -0.1) is 0 Å². The van der Waals surface area contributed by atoms with Gasteiger partial charge >= 0.3 is 0 Å². The first-order valence-corrected chi connectivity index (χ1v) is 5.97. The Morgan fingerprint density at radius 3 is 2.83 bits per heavy atom. The SMILES string of the molecule is CCn1ncnc1CC(=O)CNc1ccccc1. The Morgan fingerprint density at radius 2 is 2.11 bits per heavy atom. The molecule has 0 fully saturated rings. The van der Waals surface area contributed by atoms with E-state index in [2.05, 4.69) is 15.4 Å². The summed E-state index contributed by atoms with van der Waals surface area (Å²) < 4.78 is 1.74. The van der Waals surface area contributed by atoms with Gasteiger partial charge in [-0.1, -0.05) is 18.2 Å². The van der Waals surface area contributed by atoms with E-state index in [0.29, 0.717) is 13.0 Å². The molecule has 5 nitrogen and oxygen atoms in total. The first-order chi connectivity index (χ1) is 8.79. The van der Waals surface area contributed by atoms with E-state index in [4.69, 9.17) is 0 Å². The molecule has 1 heterocycles. The average Bonchev–Trinajstić information content (AvgIpc) is 2.85. The van der Waals surface area contributed by atoms with E-state index in [0.717, 1.165) is 18.1 Å². The van der Waals surface area contributed by atoms with Crippen LogP contribution in [0.4, 0.5) is 5.69 Å². The van der Waals surface area contributed by atoms with Crippen molar-refractivity contribution < 1.29 is 4.79 Å². The molecule has 0 aliphatic rings. The molecule has 5 heteroatoms. The molecule has 0 radical (unpaired) electrons. The molecular weight excluding hydrogens is 228 g/mol. The van der Waals surface area contributed by atoms with Crippen LogP contribution in [0.15, 0.2) is 36.7 Å².